The van der Waals surface area contributed by atoms with E-state index in [0.717, 1.165) is 12.8 Å². The van der Waals surface area contributed by atoms with E-state index in [2.05, 4.69) is 17.2 Å². The molecule has 0 spiro atoms. The summed E-state index contributed by atoms with van der Waals surface area (Å²) in [7, 11) is 0. The van der Waals surface area contributed by atoms with Crippen molar-refractivity contribution in [3.63, 3.8) is 0 Å². The van der Waals surface area contributed by atoms with E-state index in [0.29, 0.717) is 5.82 Å². The Kier molecular flexibility index (Phi) is 1.91. The van der Waals surface area contributed by atoms with Crippen LogP contribution in [0, 0.1) is 0 Å². The highest BCUT2D eigenvalue weighted by Crippen LogP contribution is 2.38. The van der Waals surface area contributed by atoms with Gasteiger partial charge in [-0.3, -0.25) is 0 Å². The number of rotatable bonds is 3. The number of anilines is 1. The van der Waals surface area contributed by atoms with Crippen molar-refractivity contribution in [2.24, 2.45) is 0 Å². The van der Waals surface area contributed by atoms with Crippen molar-refractivity contribution >= 4 is 11.8 Å². The number of carbonyl (C=O) groups is 1. The largest absolute Gasteiger partial charge is 0.478 e. The number of nitrogens with one attached hydrogen (secondary N) is 1. The zero-order chi connectivity index (χ0) is 10.2. The second kappa shape index (κ2) is 2.97. The second-order valence-electron chi connectivity index (χ2n) is 3.89. The standard InChI is InChI=1S/C10H12N2O2/c1-10(4-5-10)12-8-7(9(13)14)3-2-6-11-8/h2-3,6H,4-5H2,1H3,(H,11,12)(H,13,14). The number of hydrogen-bond acceptors (Lipinski definition) is 3. The second-order valence-corrected chi connectivity index (χ2v) is 3.89. The molecule has 0 atom stereocenters. The van der Waals surface area contributed by atoms with Gasteiger partial charge in [-0.2, -0.15) is 0 Å². The summed E-state index contributed by atoms with van der Waals surface area (Å²) in [6.45, 7) is 2.06. The zero-order valence-corrected chi connectivity index (χ0v) is 7.95. The normalized spacial score (nSPS) is 17.5. The molecule has 14 heavy (non-hydrogen) atoms. The van der Waals surface area contributed by atoms with E-state index in [1.165, 1.54) is 0 Å². The molecule has 1 aliphatic rings. The Morgan fingerprint density at radius 1 is 1.64 bits per heavy atom. The minimum atomic E-state index is -0.940. The molecule has 4 heteroatoms. The predicted molar refractivity (Wildman–Crippen MR) is 52.5 cm³/mol. The fraction of sp³-hybridized carbons (Fsp3) is 0.400. The third kappa shape index (κ3) is 1.69. The molecule has 1 fully saturated rings. The number of nitrogens with zero attached hydrogens (tertiary/aromatic N) is 1. The van der Waals surface area contributed by atoms with Crippen molar-refractivity contribution in [1.29, 1.82) is 0 Å². The van der Waals surface area contributed by atoms with Crippen molar-refractivity contribution in [2.75, 3.05) is 5.32 Å². The van der Waals surface area contributed by atoms with Crippen LogP contribution in [0.25, 0.3) is 0 Å². The monoisotopic (exact) mass is 192 g/mol. The van der Waals surface area contributed by atoms with Gasteiger partial charge in [0, 0.05) is 11.7 Å². The summed E-state index contributed by atoms with van der Waals surface area (Å²) in [5.41, 5.74) is 0.291. The van der Waals surface area contributed by atoms with Gasteiger partial charge < -0.3 is 10.4 Å². The van der Waals surface area contributed by atoms with E-state index < -0.39 is 5.97 Å². The molecule has 1 heterocycles. The van der Waals surface area contributed by atoms with Crippen LogP contribution in [0.5, 0.6) is 0 Å². The Labute approximate surface area is 82.0 Å². The fourth-order valence-electron chi connectivity index (χ4n) is 1.28. The lowest BCUT2D eigenvalue weighted by molar-refractivity contribution is 0.0697. The molecule has 74 valence electrons. The van der Waals surface area contributed by atoms with Gasteiger partial charge in [-0.1, -0.05) is 0 Å². The van der Waals surface area contributed by atoms with Crippen LogP contribution in [-0.4, -0.2) is 21.6 Å². The smallest absolute Gasteiger partial charge is 0.339 e. The van der Waals surface area contributed by atoms with Gasteiger partial charge in [-0.05, 0) is 31.9 Å². The molecule has 1 saturated carbocycles. The highest BCUT2D eigenvalue weighted by Gasteiger charge is 2.38. The van der Waals surface area contributed by atoms with Crippen LogP contribution in [0.15, 0.2) is 18.3 Å². The summed E-state index contributed by atoms with van der Waals surface area (Å²) in [6.07, 6.45) is 3.74. The van der Waals surface area contributed by atoms with E-state index in [1.807, 2.05) is 0 Å². The minimum Gasteiger partial charge on any atom is -0.478 e. The van der Waals surface area contributed by atoms with Crippen molar-refractivity contribution in [3.8, 4) is 0 Å². The molecule has 0 amide bonds. The highest BCUT2D eigenvalue weighted by atomic mass is 16.4. The lowest BCUT2D eigenvalue weighted by Crippen LogP contribution is -2.19. The first-order valence-electron chi connectivity index (χ1n) is 4.57. The summed E-state index contributed by atoms with van der Waals surface area (Å²) >= 11 is 0. The van der Waals surface area contributed by atoms with Crippen molar-refractivity contribution < 1.29 is 9.90 Å². The Hall–Kier alpha value is -1.58. The summed E-state index contributed by atoms with van der Waals surface area (Å²) in [4.78, 5) is 14.9. The van der Waals surface area contributed by atoms with Gasteiger partial charge in [0.05, 0.1) is 0 Å². The SMILES string of the molecule is CC1(Nc2ncccc2C(=O)O)CC1. The van der Waals surface area contributed by atoms with Gasteiger partial charge in [-0.15, -0.1) is 0 Å². The first-order valence-corrected chi connectivity index (χ1v) is 4.57. The van der Waals surface area contributed by atoms with Crippen LogP contribution in [0.2, 0.25) is 0 Å². The first kappa shape index (κ1) is 8.99. The molecule has 4 nitrogen and oxygen atoms in total. The lowest BCUT2D eigenvalue weighted by Gasteiger charge is -2.13. The maximum atomic E-state index is 10.8. The average molecular weight is 192 g/mol. The van der Waals surface area contributed by atoms with Crippen molar-refractivity contribution in [2.45, 2.75) is 25.3 Å². The number of hydrogen-bond donors (Lipinski definition) is 2. The molecule has 2 N–H and O–H groups in total. The van der Waals surface area contributed by atoms with Gasteiger partial charge in [-0.25, -0.2) is 9.78 Å². The molecule has 0 aliphatic heterocycles. The van der Waals surface area contributed by atoms with Crippen LogP contribution in [0.1, 0.15) is 30.1 Å². The van der Waals surface area contributed by atoms with Crippen LogP contribution in [0.3, 0.4) is 0 Å². The Morgan fingerprint density at radius 3 is 2.93 bits per heavy atom. The molecule has 1 aliphatic carbocycles. The molecule has 0 aromatic carbocycles. The van der Waals surface area contributed by atoms with Crippen molar-refractivity contribution in [3.05, 3.63) is 23.9 Å². The summed E-state index contributed by atoms with van der Waals surface area (Å²) in [6, 6.07) is 3.19. The van der Waals surface area contributed by atoms with Crippen molar-refractivity contribution in [1.82, 2.24) is 4.98 Å². The number of aromatic carboxylic acids is 1. The van der Waals surface area contributed by atoms with Crippen LogP contribution < -0.4 is 5.32 Å². The number of carboxylic acids is 1. The topological polar surface area (TPSA) is 62.2 Å². The summed E-state index contributed by atoms with van der Waals surface area (Å²) in [5, 5.41) is 12.1. The quantitative estimate of drug-likeness (QED) is 0.765. The van der Waals surface area contributed by atoms with Gasteiger partial charge in [0.25, 0.3) is 0 Å². The molecule has 1 aromatic heterocycles. The van der Waals surface area contributed by atoms with E-state index in [-0.39, 0.29) is 11.1 Å². The average Bonchev–Trinajstić information content (AvgIpc) is 2.84. The van der Waals surface area contributed by atoms with Gasteiger partial charge in [0.2, 0.25) is 0 Å². The Morgan fingerprint density at radius 2 is 2.36 bits per heavy atom. The van der Waals surface area contributed by atoms with E-state index >= 15 is 0 Å². The molecule has 0 saturated heterocycles. The van der Waals surface area contributed by atoms with E-state index in [1.54, 1.807) is 18.3 Å². The summed E-state index contributed by atoms with van der Waals surface area (Å²) < 4.78 is 0. The maximum Gasteiger partial charge on any atom is 0.339 e. The molecule has 0 unspecified atom stereocenters. The third-order valence-corrected chi connectivity index (χ3v) is 2.46. The molecule has 0 bridgehead atoms. The van der Waals surface area contributed by atoms with Gasteiger partial charge in [0.15, 0.2) is 0 Å². The van der Waals surface area contributed by atoms with Crippen LogP contribution >= 0.6 is 0 Å². The number of carboxylic acid groups (broad SMARTS) is 1. The highest BCUT2D eigenvalue weighted by molar-refractivity contribution is 5.93. The predicted octanol–water partition coefficient (Wildman–Crippen LogP) is 1.74. The summed E-state index contributed by atoms with van der Waals surface area (Å²) in [5.74, 6) is -0.468. The maximum absolute atomic E-state index is 10.8. The number of pyridine rings is 1. The van der Waals surface area contributed by atoms with E-state index in [4.69, 9.17) is 5.11 Å². The molecule has 2 rings (SSSR count). The lowest BCUT2D eigenvalue weighted by atomic mass is 10.2. The first-order chi connectivity index (χ1) is 6.61. The Bertz CT molecular complexity index is 372. The molecular weight excluding hydrogens is 180 g/mol. The number of aromatic nitrogens is 1. The Balaban J connectivity index is 2.27. The van der Waals surface area contributed by atoms with Gasteiger partial charge in [0.1, 0.15) is 11.4 Å². The van der Waals surface area contributed by atoms with Crippen LogP contribution in [0.4, 0.5) is 5.82 Å². The fourth-order valence-corrected chi connectivity index (χ4v) is 1.28. The van der Waals surface area contributed by atoms with E-state index in [9.17, 15) is 4.79 Å². The zero-order valence-electron chi connectivity index (χ0n) is 7.95. The molecule has 1 aromatic rings. The van der Waals surface area contributed by atoms with Crippen LogP contribution in [-0.2, 0) is 0 Å². The third-order valence-electron chi connectivity index (χ3n) is 2.46. The van der Waals surface area contributed by atoms with Gasteiger partial charge >= 0.3 is 5.97 Å². The minimum absolute atomic E-state index is 0.0541. The molecule has 0 radical (unpaired) electrons. The molecular formula is C10H12N2O2.